The van der Waals surface area contributed by atoms with Crippen molar-refractivity contribution in [3.05, 3.63) is 57.3 Å². The van der Waals surface area contributed by atoms with Gasteiger partial charge in [0.25, 0.3) is 11.5 Å². The Bertz CT molecular complexity index is 1020. The van der Waals surface area contributed by atoms with Crippen molar-refractivity contribution < 1.29 is 9.32 Å². The van der Waals surface area contributed by atoms with Crippen molar-refractivity contribution in [3.8, 4) is 0 Å². The molecule has 7 heteroatoms. The maximum Gasteiger partial charge on any atom is 0.261 e. The second-order valence-electron chi connectivity index (χ2n) is 6.33. The van der Waals surface area contributed by atoms with Crippen molar-refractivity contribution in [2.75, 3.05) is 5.32 Å². The average molecular weight is 338 g/mol. The van der Waals surface area contributed by atoms with Crippen molar-refractivity contribution in [2.24, 2.45) is 0 Å². The Kier molecular flexibility index (Phi) is 3.83. The first-order valence-electron chi connectivity index (χ1n) is 8.40. The summed E-state index contributed by atoms with van der Waals surface area (Å²) < 4.78 is 6.51. The Balaban J connectivity index is 1.72. The molecule has 0 spiro atoms. The van der Waals surface area contributed by atoms with E-state index >= 15 is 0 Å². The third kappa shape index (κ3) is 2.93. The van der Waals surface area contributed by atoms with Gasteiger partial charge in [0.1, 0.15) is 5.65 Å². The number of anilines is 1. The lowest BCUT2D eigenvalue weighted by Gasteiger charge is -2.09. The topological polar surface area (TPSA) is 89.5 Å². The van der Waals surface area contributed by atoms with Gasteiger partial charge in [0.2, 0.25) is 5.88 Å². The number of nitrogens with one attached hydrogen (secondary N) is 1. The van der Waals surface area contributed by atoms with E-state index in [1.165, 1.54) is 4.40 Å². The van der Waals surface area contributed by atoms with Gasteiger partial charge in [0.05, 0.1) is 11.4 Å². The third-order valence-electron chi connectivity index (χ3n) is 4.48. The number of pyridine rings is 1. The van der Waals surface area contributed by atoms with Gasteiger partial charge in [-0.15, -0.1) is 0 Å². The van der Waals surface area contributed by atoms with E-state index in [2.05, 4.69) is 15.5 Å². The molecule has 0 fully saturated rings. The minimum atomic E-state index is -0.331. The molecule has 128 valence electrons. The first-order valence-corrected chi connectivity index (χ1v) is 8.40. The van der Waals surface area contributed by atoms with Crippen LogP contribution in [0.3, 0.4) is 0 Å². The number of carbonyl (C=O) groups is 1. The molecular formula is C18H18N4O3. The summed E-state index contributed by atoms with van der Waals surface area (Å²) in [7, 11) is 0. The molecule has 4 rings (SSSR count). The molecule has 0 aromatic carbocycles. The fraction of sp³-hybridized carbons (Fsp3) is 0.333. The standard InChI is InChI=1S/C18H18N4O3/c1-11-9-16(25-21-11)20-17(23)12-7-8-22-15(10-12)19-14-6-4-2-3-5-13(14)18(22)24/h7-10H,2-6H2,1H3,(H,20,23). The maximum atomic E-state index is 12.7. The summed E-state index contributed by atoms with van der Waals surface area (Å²) in [4.78, 5) is 29.7. The predicted molar refractivity (Wildman–Crippen MR) is 91.9 cm³/mol. The van der Waals surface area contributed by atoms with Gasteiger partial charge >= 0.3 is 0 Å². The number of nitrogens with zero attached hydrogens (tertiary/aromatic N) is 3. The van der Waals surface area contributed by atoms with Gasteiger partial charge < -0.3 is 4.52 Å². The normalized spacial score (nSPS) is 14.1. The first kappa shape index (κ1) is 15.6. The summed E-state index contributed by atoms with van der Waals surface area (Å²) in [5.74, 6) is -0.0440. The Labute approximate surface area is 143 Å². The Morgan fingerprint density at radius 1 is 1.24 bits per heavy atom. The van der Waals surface area contributed by atoms with Gasteiger partial charge in [-0.05, 0) is 44.7 Å². The number of aryl methyl sites for hydroxylation is 2. The van der Waals surface area contributed by atoms with Crippen LogP contribution < -0.4 is 10.9 Å². The van der Waals surface area contributed by atoms with Crippen molar-refractivity contribution in [1.82, 2.24) is 14.5 Å². The summed E-state index contributed by atoms with van der Waals surface area (Å²) in [6.07, 6.45) is 6.37. The molecule has 1 amide bonds. The van der Waals surface area contributed by atoms with E-state index in [0.717, 1.165) is 43.4 Å². The third-order valence-corrected chi connectivity index (χ3v) is 4.48. The van der Waals surface area contributed by atoms with E-state index in [1.807, 2.05) is 0 Å². The van der Waals surface area contributed by atoms with Gasteiger partial charge in [-0.25, -0.2) is 4.98 Å². The van der Waals surface area contributed by atoms with Crippen LogP contribution >= 0.6 is 0 Å². The van der Waals surface area contributed by atoms with E-state index < -0.39 is 0 Å². The lowest BCUT2D eigenvalue weighted by molar-refractivity contribution is 0.102. The van der Waals surface area contributed by atoms with Crippen LogP contribution in [0.25, 0.3) is 5.65 Å². The lowest BCUT2D eigenvalue weighted by Crippen LogP contribution is -2.23. The van der Waals surface area contributed by atoms with Crippen LogP contribution in [-0.4, -0.2) is 20.4 Å². The second kappa shape index (κ2) is 6.16. The van der Waals surface area contributed by atoms with Crippen LogP contribution in [0.4, 0.5) is 5.88 Å². The molecule has 0 aliphatic heterocycles. The Hall–Kier alpha value is -2.96. The number of fused-ring (bicyclic) bond motifs is 2. The number of hydrogen-bond donors (Lipinski definition) is 1. The molecule has 0 unspecified atom stereocenters. The van der Waals surface area contributed by atoms with Gasteiger partial charge in [0.15, 0.2) is 0 Å². The molecule has 0 bridgehead atoms. The number of aromatic nitrogens is 3. The second-order valence-corrected chi connectivity index (χ2v) is 6.33. The fourth-order valence-electron chi connectivity index (χ4n) is 3.20. The summed E-state index contributed by atoms with van der Waals surface area (Å²) in [5, 5.41) is 6.38. The van der Waals surface area contributed by atoms with Crippen LogP contribution in [0.5, 0.6) is 0 Å². The molecule has 3 heterocycles. The number of hydrogen-bond acceptors (Lipinski definition) is 5. The van der Waals surface area contributed by atoms with Crippen LogP contribution in [0.2, 0.25) is 0 Å². The Morgan fingerprint density at radius 2 is 2.08 bits per heavy atom. The minimum Gasteiger partial charge on any atom is -0.338 e. The average Bonchev–Trinajstić information content (AvgIpc) is 2.86. The highest BCUT2D eigenvalue weighted by molar-refractivity contribution is 6.04. The molecule has 0 atom stereocenters. The van der Waals surface area contributed by atoms with Crippen LogP contribution in [0, 0.1) is 6.92 Å². The molecule has 3 aromatic rings. The van der Waals surface area contributed by atoms with Crippen molar-refractivity contribution in [2.45, 2.75) is 39.0 Å². The van der Waals surface area contributed by atoms with E-state index in [-0.39, 0.29) is 17.4 Å². The highest BCUT2D eigenvalue weighted by Gasteiger charge is 2.17. The van der Waals surface area contributed by atoms with Crippen LogP contribution in [-0.2, 0) is 12.8 Å². The van der Waals surface area contributed by atoms with E-state index in [1.54, 1.807) is 31.3 Å². The van der Waals surface area contributed by atoms with Gasteiger partial charge in [-0.2, -0.15) is 0 Å². The van der Waals surface area contributed by atoms with E-state index in [9.17, 15) is 9.59 Å². The molecule has 0 saturated heterocycles. The zero-order valence-corrected chi connectivity index (χ0v) is 13.9. The monoisotopic (exact) mass is 338 g/mol. The summed E-state index contributed by atoms with van der Waals surface area (Å²) in [6.45, 7) is 1.78. The molecule has 25 heavy (non-hydrogen) atoms. The van der Waals surface area contributed by atoms with Gasteiger partial charge in [0, 0.05) is 23.4 Å². The first-order chi connectivity index (χ1) is 12.1. The molecule has 0 saturated carbocycles. The molecule has 1 aliphatic carbocycles. The number of carbonyl (C=O) groups excluding carboxylic acids is 1. The molecule has 3 aromatic heterocycles. The van der Waals surface area contributed by atoms with Crippen molar-refractivity contribution >= 4 is 17.4 Å². The van der Waals surface area contributed by atoms with Crippen LogP contribution in [0.15, 0.2) is 33.7 Å². The summed E-state index contributed by atoms with van der Waals surface area (Å²) >= 11 is 0. The van der Waals surface area contributed by atoms with E-state index in [4.69, 9.17) is 4.52 Å². The largest absolute Gasteiger partial charge is 0.338 e. The number of amides is 1. The van der Waals surface area contributed by atoms with Crippen LogP contribution in [0.1, 0.15) is 46.6 Å². The zero-order valence-electron chi connectivity index (χ0n) is 13.9. The highest BCUT2D eigenvalue weighted by atomic mass is 16.5. The predicted octanol–water partition coefficient (Wildman–Crippen LogP) is 2.51. The quantitative estimate of drug-likeness (QED) is 0.725. The highest BCUT2D eigenvalue weighted by Crippen LogP contribution is 2.18. The van der Waals surface area contributed by atoms with Gasteiger partial charge in [-0.1, -0.05) is 11.6 Å². The molecular weight excluding hydrogens is 320 g/mol. The smallest absolute Gasteiger partial charge is 0.261 e. The molecule has 0 radical (unpaired) electrons. The molecule has 1 aliphatic rings. The number of rotatable bonds is 2. The maximum absolute atomic E-state index is 12.7. The lowest BCUT2D eigenvalue weighted by atomic mass is 10.1. The van der Waals surface area contributed by atoms with Crippen molar-refractivity contribution in [3.63, 3.8) is 0 Å². The Morgan fingerprint density at radius 3 is 2.88 bits per heavy atom. The summed E-state index contributed by atoms with van der Waals surface area (Å²) in [6, 6.07) is 4.88. The van der Waals surface area contributed by atoms with Gasteiger partial charge in [-0.3, -0.25) is 19.3 Å². The SMILES string of the molecule is Cc1cc(NC(=O)c2ccn3c(=O)c4c(nc3c2)CCCCC4)on1. The molecule has 7 nitrogen and oxygen atoms in total. The minimum absolute atomic E-state index is 0.0280. The van der Waals surface area contributed by atoms with Crippen molar-refractivity contribution in [1.29, 1.82) is 0 Å². The zero-order chi connectivity index (χ0) is 17.4. The molecule has 1 N–H and O–H groups in total. The summed E-state index contributed by atoms with van der Waals surface area (Å²) in [5.41, 5.74) is 3.24. The van der Waals surface area contributed by atoms with E-state index in [0.29, 0.717) is 16.9 Å². The fourth-order valence-corrected chi connectivity index (χ4v) is 3.20.